The summed E-state index contributed by atoms with van der Waals surface area (Å²) in [4.78, 5) is 8.09. The molecule has 0 atom stereocenters. The summed E-state index contributed by atoms with van der Waals surface area (Å²) in [6, 6.07) is 0. The van der Waals surface area contributed by atoms with Gasteiger partial charge in [0.15, 0.2) is 0 Å². The van der Waals surface area contributed by atoms with Crippen LogP contribution in [-0.2, 0) is 4.74 Å². The Morgan fingerprint density at radius 3 is 3.00 bits per heavy atom. The van der Waals surface area contributed by atoms with Crippen LogP contribution in [0.3, 0.4) is 0 Å². The molecule has 0 spiro atoms. The first kappa shape index (κ1) is 12.0. The second-order valence-corrected chi connectivity index (χ2v) is 3.05. The Hall–Kier alpha value is -1.07. The lowest BCUT2D eigenvalue weighted by molar-refractivity contribution is 0.160. The maximum Gasteiger partial charge on any atom is 0.233 e. The van der Waals surface area contributed by atoms with E-state index in [1.807, 2.05) is 0 Å². The molecule has 0 bridgehead atoms. The molecule has 0 fully saturated rings. The Kier molecular flexibility index (Phi) is 5.80. The van der Waals surface area contributed by atoms with E-state index >= 15 is 0 Å². The Bertz CT molecular complexity index is 286. The highest BCUT2D eigenvalue weighted by atomic mass is 35.5. The molecule has 6 heteroatoms. The number of ether oxygens (including phenoxy) is 2. The number of methoxy groups -OCH3 is 1. The first-order chi connectivity index (χ1) is 7.36. The number of nitrogens with zero attached hydrogens (tertiary/aromatic N) is 2. The van der Waals surface area contributed by atoms with Gasteiger partial charge in [-0.2, -0.15) is 4.98 Å². The van der Waals surface area contributed by atoms with E-state index in [0.717, 1.165) is 0 Å². The molecule has 0 unspecified atom stereocenters. The van der Waals surface area contributed by atoms with Gasteiger partial charge in [0.25, 0.3) is 0 Å². The van der Waals surface area contributed by atoms with Crippen molar-refractivity contribution in [1.82, 2.24) is 9.97 Å². The van der Waals surface area contributed by atoms with Crippen LogP contribution in [0, 0.1) is 0 Å². The van der Waals surface area contributed by atoms with Gasteiger partial charge in [0.05, 0.1) is 32.7 Å². The molecule has 0 saturated carbocycles. The van der Waals surface area contributed by atoms with Crippen LogP contribution in [0.5, 0.6) is 5.88 Å². The van der Waals surface area contributed by atoms with Crippen molar-refractivity contribution in [2.24, 2.45) is 0 Å². The van der Waals surface area contributed by atoms with Crippen molar-refractivity contribution in [3.8, 4) is 5.88 Å². The predicted molar refractivity (Wildman–Crippen MR) is 58.6 cm³/mol. The molecule has 0 aliphatic rings. The number of rotatable bonds is 7. The van der Waals surface area contributed by atoms with Gasteiger partial charge in [0.2, 0.25) is 5.88 Å². The minimum absolute atomic E-state index is 0.488. The van der Waals surface area contributed by atoms with Crippen LogP contribution >= 0.6 is 11.6 Å². The van der Waals surface area contributed by atoms with Crippen molar-refractivity contribution in [3.05, 3.63) is 12.4 Å². The molecule has 1 aromatic heterocycles. The van der Waals surface area contributed by atoms with E-state index in [4.69, 9.17) is 21.1 Å². The van der Waals surface area contributed by atoms with Crippen molar-refractivity contribution in [3.63, 3.8) is 0 Å². The summed E-state index contributed by atoms with van der Waals surface area (Å²) in [6.07, 6.45) is 3.18. The summed E-state index contributed by atoms with van der Waals surface area (Å²) in [5.74, 6) is 1.67. The standard InChI is InChI=1S/C9H14ClN3O2/c1-14-9-7-11-6-8(13-9)12-3-5-15-4-2-10/h6-7H,2-5H2,1H3,(H,12,13). The number of halogens is 1. The third-order valence-corrected chi connectivity index (χ3v) is 1.75. The molecular weight excluding hydrogens is 218 g/mol. The maximum absolute atomic E-state index is 5.45. The van der Waals surface area contributed by atoms with Crippen LogP contribution in [0.4, 0.5) is 5.82 Å². The van der Waals surface area contributed by atoms with Crippen molar-refractivity contribution >= 4 is 17.4 Å². The fourth-order valence-electron chi connectivity index (χ4n) is 0.939. The maximum atomic E-state index is 5.45. The molecular formula is C9H14ClN3O2. The zero-order chi connectivity index (χ0) is 10.9. The Morgan fingerprint density at radius 2 is 2.27 bits per heavy atom. The first-order valence-corrected chi connectivity index (χ1v) is 5.14. The summed E-state index contributed by atoms with van der Waals surface area (Å²) in [5, 5.41) is 3.06. The summed E-state index contributed by atoms with van der Waals surface area (Å²) >= 11 is 5.45. The van der Waals surface area contributed by atoms with Crippen molar-refractivity contribution in [2.75, 3.05) is 38.1 Å². The van der Waals surface area contributed by atoms with Crippen LogP contribution in [-0.4, -0.2) is 42.7 Å². The smallest absolute Gasteiger partial charge is 0.233 e. The fraction of sp³-hybridized carbons (Fsp3) is 0.556. The van der Waals surface area contributed by atoms with E-state index in [-0.39, 0.29) is 0 Å². The molecule has 1 rings (SSSR count). The third kappa shape index (κ3) is 4.80. The summed E-state index contributed by atoms with van der Waals surface area (Å²) in [5.41, 5.74) is 0. The van der Waals surface area contributed by atoms with Gasteiger partial charge < -0.3 is 14.8 Å². The Balaban J connectivity index is 2.24. The van der Waals surface area contributed by atoms with E-state index in [0.29, 0.717) is 37.3 Å². The molecule has 1 aromatic rings. The van der Waals surface area contributed by atoms with Crippen LogP contribution in [0.2, 0.25) is 0 Å². The molecule has 84 valence electrons. The van der Waals surface area contributed by atoms with E-state index < -0.39 is 0 Å². The molecule has 1 N–H and O–H groups in total. The highest BCUT2D eigenvalue weighted by Gasteiger charge is 1.96. The van der Waals surface area contributed by atoms with Gasteiger partial charge in [-0.1, -0.05) is 0 Å². The van der Waals surface area contributed by atoms with Crippen molar-refractivity contribution in [1.29, 1.82) is 0 Å². The first-order valence-electron chi connectivity index (χ1n) is 4.60. The van der Waals surface area contributed by atoms with Gasteiger partial charge in [0, 0.05) is 12.4 Å². The third-order valence-electron chi connectivity index (χ3n) is 1.60. The monoisotopic (exact) mass is 231 g/mol. The van der Waals surface area contributed by atoms with Gasteiger partial charge in [-0.25, -0.2) is 0 Å². The van der Waals surface area contributed by atoms with E-state index in [2.05, 4.69) is 15.3 Å². The number of hydrogen-bond acceptors (Lipinski definition) is 5. The average molecular weight is 232 g/mol. The number of hydrogen-bond donors (Lipinski definition) is 1. The molecule has 1 heterocycles. The van der Waals surface area contributed by atoms with E-state index in [1.54, 1.807) is 19.5 Å². The largest absolute Gasteiger partial charge is 0.480 e. The van der Waals surface area contributed by atoms with Crippen molar-refractivity contribution in [2.45, 2.75) is 0 Å². The highest BCUT2D eigenvalue weighted by Crippen LogP contribution is 2.07. The zero-order valence-electron chi connectivity index (χ0n) is 8.57. The molecule has 0 aliphatic carbocycles. The highest BCUT2D eigenvalue weighted by molar-refractivity contribution is 6.17. The van der Waals surface area contributed by atoms with Gasteiger partial charge in [-0.05, 0) is 0 Å². The second-order valence-electron chi connectivity index (χ2n) is 2.67. The molecule has 0 aromatic carbocycles. The molecule has 5 nitrogen and oxygen atoms in total. The topological polar surface area (TPSA) is 56.3 Å². The van der Waals surface area contributed by atoms with Gasteiger partial charge in [-0.15, -0.1) is 11.6 Å². The predicted octanol–water partition coefficient (Wildman–Crippen LogP) is 1.15. The summed E-state index contributed by atoms with van der Waals surface area (Å²) in [6.45, 7) is 1.82. The molecule has 15 heavy (non-hydrogen) atoms. The van der Waals surface area contributed by atoms with Gasteiger partial charge >= 0.3 is 0 Å². The number of aromatic nitrogens is 2. The zero-order valence-corrected chi connectivity index (χ0v) is 9.33. The number of anilines is 1. The quantitative estimate of drug-likeness (QED) is 0.564. The lowest BCUT2D eigenvalue weighted by atomic mass is 10.6. The summed E-state index contributed by atoms with van der Waals surface area (Å²) in [7, 11) is 1.55. The SMILES string of the molecule is COc1cncc(NCCOCCCl)n1. The van der Waals surface area contributed by atoms with E-state index in [9.17, 15) is 0 Å². The van der Waals surface area contributed by atoms with E-state index in [1.165, 1.54) is 0 Å². The second kappa shape index (κ2) is 7.25. The molecule has 0 radical (unpaired) electrons. The van der Waals surface area contributed by atoms with Crippen molar-refractivity contribution < 1.29 is 9.47 Å². The number of alkyl halides is 1. The normalized spacial score (nSPS) is 10.0. The van der Waals surface area contributed by atoms with Crippen LogP contribution in [0.25, 0.3) is 0 Å². The van der Waals surface area contributed by atoms with Gasteiger partial charge in [0.1, 0.15) is 5.82 Å². The Morgan fingerprint density at radius 1 is 1.40 bits per heavy atom. The average Bonchev–Trinajstić information content (AvgIpc) is 2.29. The van der Waals surface area contributed by atoms with Gasteiger partial charge in [-0.3, -0.25) is 4.98 Å². The minimum atomic E-state index is 0.488. The number of nitrogens with one attached hydrogen (secondary N) is 1. The van der Waals surface area contributed by atoms with Crippen LogP contribution in [0.1, 0.15) is 0 Å². The lowest BCUT2D eigenvalue weighted by Gasteiger charge is -2.06. The molecule has 0 aliphatic heterocycles. The molecule has 0 amide bonds. The fourth-order valence-corrected chi connectivity index (χ4v) is 1.05. The minimum Gasteiger partial charge on any atom is -0.480 e. The lowest BCUT2D eigenvalue weighted by Crippen LogP contribution is -2.11. The van der Waals surface area contributed by atoms with Crippen LogP contribution in [0.15, 0.2) is 12.4 Å². The molecule has 0 saturated heterocycles. The Labute approximate surface area is 93.8 Å². The summed E-state index contributed by atoms with van der Waals surface area (Å²) < 4.78 is 10.1. The van der Waals surface area contributed by atoms with Crippen LogP contribution < -0.4 is 10.1 Å².